The van der Waals surface area contributed by atoms with Gasteiger partial charge in [-0.25, -0.2) is 9.97 Å². The maximum absolute atomic E-state index is 4.80. The summed E-state index contributed by atoms with van der Waals surface area (Å²) < 4.78 is 1.97. The molecule has 4 aromatic rings. The molecule has 5 heteroatoms. The molecule has 0 N–H and O–H groups in total. The van der Waals surface area contributed by atoms with E-state index >= 15 is 0 Å². The minimum absolute atomic E-state index is 0.357. The van der Waals surface area contributed by atoms with Gasteiger partial charge in [0.15, 0.2) is 0 Å². The molecule has 1 aliphatic heterocycles. The van der Waals surface area contributed by atoms with Crippen LogP contribution in [0.15, 0.2) is 61.2 Å². The fraction of sp³-hybridized carbons (Fsp3) is 0.286. The van der Waals surface area contributed by atoms with E-state index < -0.39 is 0 Å². The third-order valence-electron chi connectivity index (χ3n) is 5.29. The van der Waals surface area contributed by atoms with E-state index in [4.69, 9.17) is 4.98 Å². The molecule has 1 aliphatic rings. The minimum Gasteiger partial charge on any atom is -0.291 e. The topological polar surface area (TPSA) is 46.3 Å². The lowest BCUT2D eigenvalue weighted by molar-refractivity contribution is 0.137. The van der Waals surface area contributed by atoms with Gasteiger partial charge in [0.25, 0.3) is 0 Å². The lowest BCUT2D eigenvalue weighted by Crippen LogP contribution is -2.33. The van der Waals surface area contributed by atoms with Crippen molar-refractivity contribution in [1.82, 2.24) is 24.3 Å². The van der Waals surface area contributed by atoms with Crippen LogP contribution < -0.4 is 0 Å². The number of benzene rings is 1. The first-order valence-electron chi connectivity index (χ1n) is 9.24. The van der Waals surface area contributed by atoms with Gasteiger partial charge in [-0.15, -0.1) is 0 Å². The minimum atomic E-state index is 0.357. The van der Waals surface area contributed by atoms with E-state index in [0.29, 0.717) is 6.04 Å². The molecule has 0 saturated carbocycles. The molecule has 0 unspecified atom stereocenters. The van der Waals surface area contributed by atoms with Gasteiger partial charge in [-0.3, -0.25) is 14.3 Å². The molecule has 1 atom stereocenters. The van der Waals surface area contributed by atoms with Crippen LogP contribution in [-0.4, -0.2) is 30.8 Å². The number of hydrogen-bond acceptors (Lipinski definition) is 4. The average molecular weight is 343 g/mol. The molecule has 26 heavy (non-hydrogen) atoms. The molecule has 4 heterocycles. The lowest BCUT2D eigenvalue weighted by Gasteiger charge is -2.35. The molecular weight excluding hydrogens is 322 g/mol. The van der Waals surface area contributed by atoms with Crippen LogP contribution in [0.1, 0.15) is 36.6 Å². The number of imidazole rings is 1. The number of rotatable bonds is 3. The molecule has 0 spiro atoms. The predicted octanol–water partition coefficient (Wildman–Crippen LogP) is 4.00. The van der Waals surface area contributed by atoms with Crippen molar-refractivity contribution < 1.29 is 0 Å². The van der Waals surface area contributed by atoms with Gasteiger partial charge in [0.1, 0.15) is 0 Å². The van der Waals surface area contributed by atoms with Crippen LogP contribution in [0.25, 0.3) is 16.7 Å². The highest BCUT2D eigenvalue weighted by Gasteiger charge is 2.25. The molecular formula is C21H21N5. The number of likely N-dealkylation sites (tertiary alicyclic amines) is 1. The van der Waals surface area contributed by atoms with Gasteiger partial charge in [0.05, 0.1) is 17.3 Å². The van der Waals surface area contributed by atoms with Crippen LogP contribution in [0, 0.1) is 0 Å². The Bertz CT molecular complexity index is 1050. The highest BCUT2D eigenvalue weighted by atomic mass is 15.2. The summed E-state index contributed by atoms with van der Waals surface area (Å²) >= 11 is 0. The summed E-state index contributed by atoms with van der Waals surface area (Å²) in [5, 5.41) is 1.20. The Hall–Kier alpha value is -2.79. The second-order valence-corrected chi connectivity index (χ2v) is 7.00. The average Bonchev–Trinajstić information content (AvgIpc) is 3.16. The van der Waals surface area contributed by atoms with Gasteiger partial charge in [-0.2, -0.15) is 0 Å². The Morgan fingerprint density at radius 1 is 1.00 bits per heavy atom. The molecule has 5 rings (SSSR count). The molecule has 5 nitrogen and oxygen atoms in total. The Labute approximate surface area is 152 Å². The van der Waals surface area contributed by atoms with E-state index in [2.05, 4.69) is 51.4 Å². The van der Waals surface area contributed by atoms with E-state index in [1.54, 1.807) is 6.20 Å². The fourth-order valence-electron chi connectivity index (χ4n) is 3.98. The Morgan fingerprint density at radius 3 is 3.00 bits per heavy atom. The smallest absolute Gasteiger partial charge is 0.233 e. The molecule has 1 saturated heterocycles. The van der Waals surface area contributed by atoms with Crippen molar-refractivity contribution >= 4 is 16.7 Å². The largest absolute Gasteiger partial charge is 0.291 e. The van der Waals surface area contributed by atoms with E-state index in [-0.39, 0.29) is 0 Å². The molecule has 0 bridgehead atoms. The maximum Gasteiger partial charge on any atom is 0.233 e. The predicted molar refractivity (Wildman–Crippen MR) is 102 cm³/mol. The van der Waals surface area contributed by atoms with E-state index in [1.807, 2.05) is 22.9 Å². The van der Waals surface area contributed by atoms with Crippen LogP contribution in [0.3, 0.4) is 0 Å². The molecule has 130 valence electrons. The molecule has 0 amide bonds. The third-order valence-corrected chi connectivity index (χ3v) is 5.29. The molecule has 1 aromatic carbocycles. The first-order valence-corrected chi connectivity index (χ1v) is 9.24. The Kier molecular flexibility index (Phi) is 3.87. The number of piperidine rings is 1. The summed E-state index contributed by atoms with van der Waals surface area (Å²) in [6.45, 7) is 2.05. The summed E-state index contributed by atoms with van der Waals surface area (Å²) in [4.78, 5) is 16.1. The van der Waals surface area contributed by atoms with Crippen LogP contribution in [-0.2, 0) is 6.54 Å². The summed E-state index contributed by atoms with van der Waals surface area (Å²) in [5.74, 6) is 0.782. The second kappa shape index (κ2) is 6.50. The third kappa shape index (κ3) is 2.84. The number of hydrogen-bond donors (Lipinski definition) is 0. The fourth-order valence-corrected chi connectivity index (χ4v) is 3.98. The van der Waals surface area contributed by atoms with Gasteiger partial charge in [0, 0.05) is 36.7 Å². The molecule has 3 aromatic heterocycles. The van der Waals surface area contributed by atoms with Crippen LogP contribution in [0.2, 0.25) is 0 Å². The van der Waals surface area contributed by atoms with Crippen molar-refractivity contribution in [2.45, 2.75) is 31.8 Å². The van der Waals surface area contributed by atoms with Crippen molar-refractivity contribution in [2.75, 3.05) is 6.54 Å². The SMILES string of the molecule is c1cnc2ccc(CN3CCCC[C@@H]3c3ccn4ccnc4n3)cc2c1. The summed E-state index contributed by atoms with van der Waals surface area (Å²) in [7, 11) is 0. The number of pyridine rings is 1. The highest BCUT2D eigenvalue weighted by Crippen LogP contribution is 2.31. The van der Waals surface area contributed by atoms with Crippen LogP contribution in [0.4, 0.5) is 0 Å². The zero-order valence-corrected chi connectivity index (χ0v) is 14.6. The van der Waals surface area contributed by atoms with Gasteiger partial charge in [0.2, 0.25) is 5.78 Å². The van der Waals surface area contributed by atoms with Crippen molar-refractivity contribution in [3.8, 4) is 0 Å². The standard InChI is InChI=1S/C21H21N5/c1-2-11-26(15-16-6-7-18-17(14-16)4-3-9-22-18)20(5-1)19-8-12-25-13-10-23-21(25)24-19/h3-4,6-10,12-14,20H,1-2,5,11,15H2/t20-/m1/s1. The van der Waals surface area contributed by atoms with Gasteiger partial charge >= 0.3 is 0 Å². The quantitative estimate of drug-likeness (QED) is 0.564. The number of nitrogens with zero attached hydrogens (tertiary/aromatic N) is 5. The van der Waals surface area contributed by atoms with Crippen molar-refractivity contribution in [2.24, 2.45) is 0 Å². The van der Waals surface area contributed by atoms with E-state index in [9.17, 15) is 0 Å². The van der Waals surface area contributed by atoms with Crippen LogP contribution >= 0.6 is 0 Å². The van der Waals surface area contributed by atoms with E-state index in [1.165, 1.54) is 23.8 Å². The summed E-state index contributed by atoms with van der Waals surface area (Å²) in [6.07, 6.45) is 11.3. The monoisotopic (exact) mass is 343 g/mol. The van der Waals surface area contributed by atoms with Gasteiger partial charge in [-0.1, -0.05) is 18.6 Å². The number of aromatic nitrogens is 4. The van der Waals surface area contributed by atoms with Gasteiger partial charge < -0.3 is 0 Å². The zero-order valence-electron chi connectivity index (χ0n) is 14.6. The first-order chi connectivity index (χ1) is 12.9. The normalized spacial score (nSPS) is 18.5. The Morgan fingerprint density at radius 2 is 2.00 bits per heavy atom. The van der Waals surface area contributed by atoms with Crippen molar-refractivity contribution in [3.63, 3.8) is 0 Å². The highest BCUT2D eigenvalue weighted by molar-refractivity contribution is 5.78. The molecule has 0 radical (unpaired) electrons. The van der Waals surface area contributed by atoms with Crippen molar-refractivity contribution in [1.29, 1.82) is 0 Å². The second-order valence-electron chi connectivity index (χ2n) is 7.00. The lowest BCUT2D eigenvalue weighted by atomic mass is 9.98. The van der Waals surface area contributed by atoms with Crippen molar-refractivity contribution in [3.05, 3.63) is 72.4 Å². The first kappa shape index (κ1) is 15.5. The van der Waals surface area contributed by atoms with Crippen LogP contribution in [0.5, 0.6) is 0 Å². The molecule has 0 aliphatic carbocycles. The van der Waals surface area contributed by atoms with E-state index in [0.717, 1.165) is 36.5 Å². The molecule has 1 fully saturated rings. The summed E-state index contributed by atoms with van der Waals surface area (Å²) in [5.41, 5.74) is 3.52. The Balaban J connectivity index is 1.44. The zero-order chi connectivity index (χ0) is 17.3. The number of fused-ring (bicyclic) bond motifs is 2. The summed E-state index contributed by atoms with van der Waals surface area (Å²) in [6, 6.07) is 13.2. The maximum atomic E-state index is 4.80. The van der Waals surface area contributed by atoms with Gasteiger partial charge in [-0.05, 0) is 49.2 Å².